The molecule has 1 aliphatic rings. The first kappa shape index (κ1) is 21.7. The van der Waals surface area contributed by atoms with Crippen molar-refractivity contribution in [3.05, 3.63) is 86.8 Å². The van der Waals surface area contributed by atoms with Gasteiger partial charge in [0.15, 0.2) is 11.5 Å². The van der Waals surface area contributed by atoms with E-state index in [0.29, 0.717) is 17.2 Å². The molecular weight excluding hydrogens is 480 g/mol. The summed E-state index contributed by atoms with van der Waals surface area (Å²) in [5.74, 6) is 1.33. The molecule has 2 N–H and O–H groups in total. The fourth-order valence-electron chi connectivity index (χ4n) is 3.73. The molecule has 1 heterocycles. The van der Waals surface area contributed by atoms with E-state index in [1.165, 1.54) is 0 Å². The number of para-hydroxylation sites is 1. The normalized spacial score (nSPS) is 18.4. The van der Waals surface area contributed by atoms with Crippen LogP contribution in [0.3, 0.4) is 0 Å². The van der Waals surface area contributed by atoms with Crippen LogP contribution in [0.5, 0.6) is 17.2 Å². The number of methoxy groups -OCH3 is 2. The smallest absolute Gasteiger partial charge is 0.162 e. The number of hydrogen-bond donors (Lipinski definition) is 2. The Labute approximate surface area is 194 Å². The van der Waals surface area contributed by atoms with E-state index in [-0.39, 0.29) is 18.0 Å². The lowest BCUT2D eigenvalue weighted by atomic mass is 9.93. The number of halogens is 2. The van der Waals surface area contributed by atoms with Crippen LogP contribution in [0.2, 0.25) is 5.02 Å². The van der Waals surface area contributed by atoms with E-state index in [0.717, 1.165) is 32.6 Å². The summed E-state index contributed by atoms with van der Waals surface area (Å²) in [7, 11) is 3.18. The molecule has 3 aromatic rings. The van der Waals surface area contributed by atoms with Gasteiger partial charge < -0.3 is 14.6 Å². The van der Waals surface area contributed by atoms with E-state index in [9.17, 15) is 5.11 Å². The summed E-state index contributed by atoms with van der Waals surface area (Å²) < 4.78 is 11.5. The highest BCUT2D eigenvalue weighted by Gasteiger charge is 2.28. The predicted molar refractivity (Wildman–Crippen MR) is 127 cm³/mol. The number of nitrogens with one attached hydrogen (secondary N) is 1. The van der Waals surface area contributed by atoms with E-state index in [2.05, 4.69) is 21.2 Å². The highest BCUT2D eigenvalue weighted by atomic mass is 79.9. The Morgan fingerprint density at radius 2 is 1.77 bits per heavy atom. The van der Waals surface area contributed by atoms with Crippen LogP contribution in [-0.4, -0.2) is 25.0 Å². The third-order valence-corrected chi connectivity index (χ3v) is 6.21. The van der Waals surface area contributed by atoms with Crippen molar-refractivity contribution in [1.29, 1.82) is 0 Å². The van der Waals surface area contributed by atoms with Gasteiger partial charge >= 0.3 is 0 Å². The molecule has 4 rings (SSSR count). The first-order chi connectivity index (χ1) is 15.0. The van der Waals surface area contributed by atoms with Crippen LogP contribution < -0.4 is 14.8 Å². The lowest BCUT2D eigenvalue weighted by Crippen LogP contribution is -2.33. The molecule has 1 aliphatic heterocycles. The maximum Gasteiger partial charge on any atom is 0.162 e. The molecule has 0 aromatic heterocycles. The summed E-state index contributed by atoms with van der Waals surface area (Å²) in [4.78, 5) is 4.98. The Bertz CT molecular complexity index is 1120. The minimum absolute atomic E-state index is 0.134. The topological polar surface area (TPSA) is 63.1 Å². The van der Waals surface area contributed by atoms with Gasteiger partial charge in [-0.15, -0.1) is 0 Å². The van der Waals surface area contributed by atoms with Gasteiger partial charge in [0.1, 0.15) is 11.9 Å². The molecule has 0 fully saturated rings. The SMILES string of the molecule is COc1ccc([C@@H]2N=C(c3ccc(Cl)cc3)C[C@@H](c3cccc(OC)c3O)N2)cc1Br. The molecule has 0 aliphatic carbocycles. The average Bonchev–Trinajstić information content (AvgIpc) is 2.79. The molecular formula is C24H22BrClN2O3. The van der Waals surface area contributed by atoms with Gasteiger partial charge in [0.05, 0.1) is 18.7 Å². The molecule has 31 heavy (non-hydrogen) atoms. The number of aliphatic imine (C=N–C) groups is 1. The van der Waals surface area contributed by atoms with Crippen LogP contribution >= 0.6 is 27.5 Å². The van der Waals surface area contributed by atoms with Crippen molar-refractivity contribution in [2.45, 2.75) is 18.6 Å². The lowest BCUT2D eigenvalue weighted by Gasteiger charge is -2.31. The number of rotatable bonds is 5. The largest absolute Gasteiger partial charge is 0.504 e. The third kappa shape index (κ3) is 4.56. The summed E-state index contributed by atoms with van der Waals surface area (Å²) in [6, 6.07) is 18.9. The number of ether oxygens (including phenoxy) is 2. The van der Waals surface area contributed by atoms with Crippen molar-refractivity contribution < 1.29 is 14.6 Å². The Morgan fingerprint density at radius 1 is 1.03 bits per heavy atom. The van der Waals surface area contributed by atoms with Crippen LogP contribution in [0, 0.1) is 0 Å². The molecule has 0 radical (unpaired) electrons. The van der Waals surface area contributed by atoms with E-state index < -0.39 is 0 Å². The fraction of sp³-hybridized carbons (Fsp3) is 0.208. The highest BCUT2D eigenvalue weighted by Crippen LogP contribution is 2.39. The number of hydrogen-bond acceptors (Lipinski definition) is 5. The maximum absolute atomic E-state index is 10.8. The standard InChI is InChI=1S/C24H22BrClN2O3/c1-30-21-11-8-15(12-18(21)25)24-27-19(14-6-9-16(26)10-7-14)13-20(28-24)17-4-3-5-22(31-2)23(17)29/h3-12,20,24,28-29H,13H2,1-2H3/t20-,24+/m0/s1. The first-order valence-corrected chi connectivity index (χ1v) is 10.9. The molecule has 0 saturated heterocycles. The summed E-state index contributed by atoms with van der Waals surface area (Å²) >= 11 is 9.64. The van der Waals surface area contributed by atoms with Crippen molar-refractivity contribution in [1.82, 2.24) is 5.32 Å². The first-order valence-electron chi connectivity index (χ1n) is 9.78. The zero-order valence-corrected chi connectivity index (χ0v) is 19.4. The lowest BCUT2D eigenvalue weighted by molar-refractivity contribution is 0.360. The van der Waals surface area contributed by atoms with Crippen molar-refractivity contribution in [3.63, 3.8) is 0 Å². The summed E-state index contributed by atoms with van der Waals surface area (Å²) in [6.07, 6.45) is 0.299. The summed E-state index contributed by atoms with van der Waals surface area (Å²) in [6.45, 7) is 0. The van der Waals surface area contributed by atoms with Crippen molar-refractivity contribution >= 4 is 33.2 Å². The van der Waals surface area contributed by atoms with Crippen LogP contribution in [0.15, 0.2) is 70.1 Å². The monoisotopic (exact) mass is 500 g/mol. The maximum atomic E-state index is 10.8. The molecule has 0 unspecified atom stereocenters. The van der Waals surface area contributed by atoms with Gasteiger partial charge in [0, 0.05) is 28.8 Å². The van der Waals surface area contributed by atoms with Gasteiger partial charge in [-0.25, -0.2) is 0 Å². The third-order valence-electron chi connectivity index (χ3n) is 5.34. The van der Waals surface area contributed by atoms with Crippen LogP contribution in [0.4, 0.5) is 0 Å². The van der Waals surface area contributed by atoms with Crippen LogP contribution in [-0.2, 0) is 0 Å². The van der Waals surface area contributed by atoms with Crippen LogP contribution in [0.1, 0.15) is 35.3 Å². The van der Waals surface area contributed by atoms with Crippen molar-refractivity contribution in [3.8, 4) is 17.2 Å². The van der Waals surface area contributed by atoms with Crippen LogP contribution in [0.25, 0.3) is 0 Å². The molecule has 0 amide bonds. The molecule has 0 saturated carbocycles. The number of aromatic hydroxyl groups is 1. The molecule has 3 aromatic carbocycles. The van der Waals surface area contributed by atoms with Gasteiger partial charge in [0.25, 0.3) is 0 Å². The zero-order chi connectivity index (χ0) is 22.0. The number of nitrogens with zero attached hydrogens (tertiary/aromatic N) is 1. The highest BCUT2D eigenvalue weighted by molar-refractivity contribution is 9.10. The Hall–Kier alpha value is -2.54. The summed E-state index contributed by atoms with van der Waals surface area (Å²) in [5.41, 5.74) is 3.67. The van der Waals surface area contributed by atoms with Crippen molar-refractivity contribution in [2.75, 3.05) is 14.2 Å². The predicted octanol–water partition coefficient (Wildman–Crippen LogP) is 6.05. The quantitative estimate of drug-likeness (QED) is 0.447. The Morgan fingerprint density at radius 3 is 2.45 bits per heavy atom. The number of phenols is 1. The molecule has 5 nitrogen and oxygen atoms in total. The van der Waals surface area contributed by atoms with Crippen molar-refractivity contribution in [2.24, 2.45) is 4.99 Å². The Balaban J connectivity index is 1.77. The van der Waals surface area contributed by atoms with E-state index >= 15 is 0 Å². The molecule has 7 heteroatoms. The minimum Gasteiger partial charge on any atom is -0.504 e. The second-order valence-corrected chi connectivity index (χ2v) is 8.49. The fourth-order valence-corrected chi connectivity index (χ4v) is 4.42. The second-order valence-electron chi connectivity index (χ2n) is 7.20. The average molecular weight is 502 g/mol. The van der Waals surface area contributed by atoms with E-state index in [4.69, 9.17) is 26.1 Å². The summed E-state index contributed by atoms with van der Waals surface area (Å²) in [5, 5.41) is 15.0. The molecule has 2 atom stereocenters. The van der Waals surface area contributed by atoms with Gasteiger partial charge in [-0.1, -0.05) is 41.9 Å². The molecule has 160 valence electrons. The molecule has 0 spiro atoms. The Kier molecular flexibility index (Phi) is 6.51. The molecule has 0 bridgehead atoms. The van der Waals surface area contributed by atoms with Gasteiger partial charge in [-0.3, -0.25) is 10.3 Å². The number of benzene rings is 3. The van der Waals surface area contributed by atoms with E-state index in [1.54, 1.807) is 20.3 Å². The van der Waals surface area contributed by atoms with Gasteiger partial charge in [0.2, 0.25) is 0 Å². The van der Waals surface area contributed by atoms with Gasteiger partial charge in [-0.2, -0.15) is 0 Å². The second kappa shape index (κ2) is 9.30. The van der Waals surface area contributed by atoms with Gasteiger partial charge in [-0.05, 0) is 57.4 Å². The van der Waals surface area contributed by atoms with E-state index in [1.807, 2.05) is 54.6 Å². The minimum atomic E-state index is -0.308. The number of phenolic OH excluding ortho intramolecular Hbond substituents is 1. The zero-order valence-electron chi connectivity index (χ0n) is 17.1.